The van der Waals surface area contributed by atoms with Crippen LogP contribution in [0.25, 0.3) is 0 Å². The van der Waals surface area contributed by atoms with Gasteiger partial charge in [-0.15, -0.1) is 0 Å². The Kier molecular flexibility index (Phi) is 4.33. The lowest BCUT2D eigenvalue weighted by Gasteiger charge is -2.32. The summed E-state index contributed by atoms with van der Waals surface area (Å²) in [6, 6.07) is 4.46. The molecular weight excluding hydrogens is 313 g/mol. The molecule has 3 rings (SSSR count). The fraction of sp³-hybridized carbons (Fsp3) is 0.353. The highest BCUT2D eigenvalue weighted by molar-refractivity contribution is 5.94. The van der Waals surface area contributed by atoms with Gasteiger partial charge in [0, 0.05) is 24.8 Å². The summed E-state index contributed by atoms with van der Waals surface area (Å²) in [4.78, 5) is 25.2. The van der Waals surface area contributed by atoms with E-state index < -0.39 is 5.97 Å². The summed E-state index contributed by atoms with van der Waals surface area (Å²) in [5, 5.41) is 13.0. The van der Waals surface area contributed by atoms with Crippen LogP contribution in [0.3, 0.4) is 0 Å². The number of amides is 1. The van der Waals surface area contributed by atoms with E-state index in [1.165, 1.54) is 24.5 Å². The highest BCUT2D eigenvalue weighted by Gasteiger charge is 2.25. The van der Waals surface area contributed by atoms with Crippen LogP contribution in [0.4, 0.5) is 4.39 Å². The number of aromatic carboxylic acids is 1. The van der Waals surface area contributed by atoms with Gasteiger partial charge in [0.25, 0.3) is 5.91 Å². The number of aromatic nitrogens is 2. The number of carboxylic acids is 1. The lowest BCUT2D eigenvalue weighted by atomic mass is 10.0. The molecule has 1 amide bonds. The maximum atomic E-state index is 13.3. The maximum absolute atomic E-state index is 13.3. The van der Waals surface area contributed by atoms with Crippen molar-refractivity contribution in [3.63, 3.8) is 0 Å². The van der Waals surface area contributed by atoms with Crippen molar-refractivity contribution < 1.29 is 19.1 Å². The molecule has 1 saturated heterocycles. The summed E-state index contributed by atoms with van der Waals surface area (Å²) in [5.41, 5.74) is 1.10. The van der Waals surface area contributed by atoms with Gasteiger partial charge in [-0.3, -0.25) is 9.48 Å². The number of piperidine rings is 1. The van der Waals surface area contributed by atoms with E-state index >= 15 is 0 Å². The fourth-order valence-electron chi connectivity index (χ4n) is 2.94. The number of benzene rings is 1. The van der Waals surface area contributed by atoms with Gasteiger partial charge < -0.3 is 10.0 Å². The number of hydrogen-bond acceptors (Lipinski definition) is 3. The quantitative estimate of drug-likeness (QED) is 0.938. The van der Waals surface area contributed by atoms with Crippen molar-refractivity contribution >= 4 is 11.9 Å². The average molecular weight is 331 g/mol. The number of carbonyl (C=O) groups excluding carboxylic acids is 1. The topological polar surface area (TPSA) is 75.4 Å². The summed E-state index contributed by atoms with van der Waals surface area (Å²) in [6.07, 6.45) is 4.26. The molecule has 0 aliphatic carbocycles. The number of likely N-dealkylation sites (tertiary alicyclic amines) is 1. The van der Waals surface area contributed by atoms with Gasteiger partial charge >= 0.3 is 5.97 Å². The second kappa shape index (κ2) is 6.43. The molecule has 0 atom stereocenters. The largest absolute Gasteiger partial charge is 0.478 e. The van der Waals surface area contributed by atoms with Crippen LogP contribution in [0.15, 0.2) is 30.6 Å². The Morgan fingerprint density at radius 2 is 1.96 bits per heavy atom. The molecule has 0 bridgehead atoms. The average Bonchev–Trinajstić information content (AvgIpc) is 3.07. The molecule has 1 aromatic carbocycles. The van der Waals surface area contributed by atoms with E-state index in [0.717, 1.165) is 0 Å². The first-order valence-corrected chi connectivity index (χ1v) is 7.78. The van der Waals surface area contributed by atoms with E-state index in [1.807, 2.05) is 0 Å². The zero-order chi connectivity index (χ0) is 17.3. The van der Waals surface area contributed by atoms with E-state index in [4.69, 9.17) is 5.11 Å². The van der Waals surface area contributed by atoms with Crippen LogP contribution in [0, 0.1) is 12.7 Å². The van der Waals surface area contributed by atoms with Crippen LogP contribution in [-0.4, -0.2) is 44.8 Å². The molecular formula is C17H18FN3O3. The van der Waals surface area contributed by atoms with Crippen molar-refractivity contribution in [2.24, 2.45) is 0 Å². The van der Waals surface area contributed by atoms with Gasteiger partial charge in [0.15, 0.2) is 0 Å². The smallest absolute Gasteiger partial charge is 0.338 e. The predicted molar refractivity (Wildman–Crippen MR) is 84.5 cm³/mol. The summed E-state index contributed by atoms with van der Waals surface area (Å²) in [7, 11) is 0. The minimum absolute atomic E-state index is 0.0807. The van der Waals surface area contributed by atoms with E-state index in [-0.39, 0.29) is 23.3 Å². The maximum Gasteiger partial charge on any atom is 0.338 e. The zero-order valence-corrected chi connectivity index (χ0v) is 13.3. The molecule has 2 aromatic rings. The molecule has 24 heavy (non-hydrogen) atoms. The SMILES string of the molecule is Cc1cc(C(=O)N2CCC(n3cc(C(=O)O)cn3)CC2)ccc1F. The normalized spacial score (nSPS) is 15.5. The van der Waals surface area contributed by atoms with Gasteiger partial charge in [0.2, 0.25) is 0 Å². The highest BCUT2D eigenvalue weighted by atomic mass is 19.1. The summed E-state index contributed by atoms with van der Waals surface area (Å²) < 4.78 is 15.0. The number of hydrogen-bond donors (Lipinski definition) is 1. The van der Waals surface area contributed by atoms with Crippen LogP contribution in [0.2, 0.25) is 0 Å². The second-order valence-corrected chi connectivity index (χ2v) is 6.00. The van der Waals surface area contributed by atoms with Crippen LogP contribution in [-0.2, 0) is 0 Å². The van der Waals surface area contributed by atoms with Crippen molar-refractivity contribution in [2.75, 3.05) is 13.1 Å². The Morgan fingerprint density at radius 1 is 1.25 bits per heavy atom. The first-order chi connectivity index (χ1) is 11.5. The summed E-state index contributed by atoms with van der Waals surface area (Å²) in [6.45, 7) is 2.75. The Labute approximate surface area is 138 Å². The summed E-state index contributed by atoms with van der Waals surface area (Å²) >= 11 is 0. The van der Waals surface area contributed by atoms with Gasteiger partial charge in [-0.1, -0.05) is 0 Å². The molecule has 1 fully saturated rings. The van der Waals surface area contributed by atoms with Crippen molar-refractivity contribution in [2.45, 2.75) is 25.8 Å². The third-order valence-electron chi connectivity index (χ3n) is 4.38. The lowest BCUT2D eigenvalue weighted by Crippen LogP contribution is -2.39. The standard InChI is InChI=1S/C17H18FN3O3/c1-11-8-12(2-3-15(11)18)16(22)20-6-4-14(5-7-20)21-10-13(9-19-21)17(23)24/h2-3,8-10,14H,4-7H2,1H3,(H,23,24). The molecule has 1 aliphatic rings. The van der Waals surface area contributed by atoms with E-state index in [0.29, 0.717) is 37.1 Å². The molecule has 126 valence electrons. The predicted octanol–water partition coefficient (Wildman–Crippen LogP) is 2.51. The van der Waals surface area contributed by atoms with Crippen LogP contribution in [0.5, 0.6) is 0 Å². The zero-order valence-electron chi connectivity index (χ0n) is 13.3. The lowest BCUT2D eigenvalue weighted by molar-refractivity contribution is 0.0688. The van der Waals surface area contributed by atoms with Crippen molar-refractivity contribution in [1.29, 1.82) is 0 Å². The Bertz CT molecular complexity index is 779. The van der Waals surface area contributed by atoms with Gasteiger partial charge in [0.05, 0.1) is 17.8 Å². The Balaban J connectivity index is 1.64. The summed E-state index contributed by atoms with van der Waals surface area (Å²) in [5.74, 6) is -1.43. The molecule has 0 saturated carbocycles. The third kappa shape index (κ3) is 3.15. The number of nitrogens with zero attached hydrogens (tertiary/aromatic N) is 3. The van der Waals surface area contributed by atoms with Crippen LogP contribution >= 0.6 is 0 Å². The van der Waals surface area contributed by atoms with Gasteiger partial charge in [-0.05, 0) is 43.5 Å². The first-order valence-electron chi connectivity index (χ1n) is 7.78. The molecule has 0 unspecified atom stereocenters. The molecule has 0 spiro atoms. The van der Waals surface area contributed by atoms with E-state index in [1.54, 1.807) is 22.6 Å². The van der Waals surface area contributed by atoms with Gasteiger partial charge in [-0.25, -0.2) is 9.18 Å². The first kappa shape index (κ1) is 16.2. The van der Waals surface area contributed by atoms with E-state index in [9.17, 15) is 14.0 Å². The molecule has 1 N–H and O–H groups in total. The molecule has 1 aliphatic heterocycles. The van der Waals surface area contributed by atoms with Crippen molar-refractivity contribution in [1.82, 2.24) is 14.7 Å². The van der Waals surface area contributed by atoms with Crippen LogP contribution < -0.4 is 0 Å². The second-order valence-electron chi connectivity index (χ2n) is 6.00. The Morgan fingerprint density at radius 3 is 2.54 bits per heavy atom. The number of rotatable bonds is 3. The number of halogens is 1. The highest BCUT2D eigenvalue weighted by Crippen LogP contribution is 2.23. The Hall–Kier alpha value is -2.70. The van der Waals surface area contributed by atoms with Crippen LogP contribution in [0.1, 0.15) is 45.2 Å². The molecule has 0 radical (unpaired) electrons. The molecule has 7 heteroatoms. The molecule has 2 heterocycles. The van der Waals surface area contributed by atoms with Gasteiger partial charge in [-0.2, -0.15) is 5.10 Å². The van der Waals surface area contributed by atoms with Gasteiger partial charge in [0.1, 0.15) is 5.82 Å². The monoisotopic (exact) mass is 331 g/mol. The number of carbonyl (C=O) groups is 2. The van der Waals surface area contributed by atoms with E-state index in [2.05, 4.69) is 5.10 Å². The minimum atomic E-state index is -0.999. The minimum Gasteiger partial charge on any atom is -0.478 e. The van der Waals surface area contributed by atoms with Crippen molar-refractivity contribution in [3.8, 4) is 0 Å². The molecule has 6 nitrogen and oxygen atoms in total. The molecule has 1 aromatic heterocycles. The van der Waals surface area contributed by atoms with Crippen molar-refractivity contribution in [3.05, 3.63) is 53.1 Å². The number of aryl methyl sites for hydroxylation is 1. The fourth-order valence-corrected chi connectivity index (χ4v) is 2.94. The number of carboxylic acid groups (broad SMARTS) is 1. The third-order valence-corrected chi connectivity index (χ3v) is 4.38.